The molecule has 0 bridgehead atoms. The SMILES string of the molecule is Nc1nc(N)nc(C(N)C2CCC2)n1. The van der Waals surface area contributed by atoms with Crippen LogP contribution >= 0.6 is 0 Å². The van der Waals surface area contributed by atoms with Crippen LogP contribution < -0.4 is 17.2 Å². The highest BCUT2D eigenvalue weighted by atomic mass is 15.1. The second-order valence-electron chi connectivity index (χ2n) is 3.63. The second-order valence-corrected chi connectivity index (χ2v) is 3.63. The van der Waals surface area contributed by atoms with Gasteiger partial charge in [0.05, 0.1) is 6.04 Å². The highest BCUT2D eigenvalue weighted by Gasteiger charge is 2.27. The Balaban J connectivity index is 2.21. The van der Waals surface area contributed by atoms with Gasteiger partial charge < -0.3 is 17.2 Å². The Hall–Kier alpha value is -1.43. The predicted molar refractivity (Wildman–Crippen MR) is 52.9 cm³/mol. The molecule has 14 heavy (non-hydrogen) atoms. The largest absolute Gasteiger partial charge is 0.368 e. The maximum Gasteiger partial charge on any atom is 0.225 e. The Morgan fingerprint density at radius 1 is 1.07 bits per heavy atom. The zero-order valence-electron chi connectivity index (χ0n) is 7.85. The first kappa shape index (κ1) is 9.14. The first-order valence-corrected chi connectivity index (χ1v) is 4.69. The number of rotatable bonds is 2. The van der Waals surface area contributed by atoms with E-state index in [1.807, 2.05) is 0 Å². The lowest BCUT2D eigenvalue weighted by Crippen LogP contribution is -2.29. The topological polar surface area (TPSA) is 117 Å². The van der Waals surface area contributed by atoms with E-state index in [9.17, 15) is 0 Å². The molecule has 0 aromatic carbocycles. The first-order valence-electron chi connectivity index (χ1n) is 4.69. The molecule has 1 saturated carbocycles. The van der Waals surface area contributed by atoms with Crippen molar-refractivity contribution in [2.24, 2.45) is 11.7 Å². The lowest BCUT2D eigenvalue weighted by atomic mass is 9.80. The van der Waals surface area contributed by atoms with Gasteiger partial charge in [0, 0.05) is 0 Å². The van der Waals surface area contributed by atoms with Crippen molar-refractivity contribution in [1.82, 2.24) is 15.0 Å². The number of nitrogens with zero attached hydrogens (tertiary/aromatic N) is 3. The van der Waals surface area contributed by atoms with Crippen LogP contribution in [0.25, 0.3) is 0 Å². The highest BCUT2D eigenvalue weighted by Crippen LogP contribution is 2.34. The van der Waals surface area contributed by atoms with Crippen molar-refractivity contribution in [2.75, 3.05) is 11.5 Å². The van der Waals surface area contributed by atoms with Crippen molar-refractivity contribution in [2.45, 2.75) is 25.3 Å². The Morgan fingerprint density at radius 3 is 2.07 bits per heavy atom. The van der Waals surface area contributed by atoms with Gasteiger partial charge in [0.1, 0.15) is 0 Å². The molecule has 6 N–H and O–H groups in total. The molecular formula is C8H14N6. The Morgan fingerprint density at radius 2 is 1.64 bits per heavy atom. The molecule has 1 aliphatic rings. The van der Waals surface area contributed by atoms with Crippen LogP contribution in [0.3, 0.4) is 0 Å². The third-order valence-electron chi connectivity index (χ3n) is 2.64. The minimum Gasteiger partial charge on any atom is -0.368 e. The second kappa shape index (κ2) is 3.38. The molecule has 6 nitrogen and oxygen atoms in total. The van der Waals surface area contributed by atoms with Crippen LogP contribution in [-0.4, -0.2) is 15.0 Å². The van der Waals surface area contributed by atoms with Crippen molar-refractivity contribution in [1.29, 1.82) is 0 Å². The number of nitrogens with two attached hydrogens (primary N) is 3. The van der Waals surface area contributed by atoms with Gasteiger partial charge in [0.15, 0.2) is 5.82 Å². The van der Waals surface area contributed by atoms with E-state index in [-0.39, 0.29) is 17.9 Å². The fraction of sp³-hybridized carbons (Fsp3) is 0.625. The summed E-state index contributed by atoms with van der Waals surface area (Å²) in [6.07, 6.45) is 3.49. The van der Waals surface area contributed by atoms with E-state index in [0.29, 0.717) is 11.7 Å². The Bertz CT molecular complexity index is 314. The van der Waals surface area contributed by atoms with Gasteiger partial charge in [-0.15, -0.1) is 0 Å². The maximum absolute atomic E-state index is 5.97. The van der Waals surface area contributed by atoms with Crippen molar-refractivity contribution in [3.8, 4) is 0 Å². The van der Waals surface area contributed by atoms with Gasteiger partial charge in [0.25, 0.3) is 0 Å². The quantitative estimate of drug-likeness (QED) is 0.602. The summed E-state index contributed by atoms with van der Waals surface area (Å²) in [4.78, 5) is 11.7. The summed E-state index contributed by atoms with van der Waals surface area (Å²) in [7, 11) is 0. The van der Waals surface area contributed by atoms with Gasteiger partial charge in [-0.1, -0.05) is 6.42 Å². The molecule has 1 atom stereocenters. The van der Waals surface area contributed by atoms with E-state index in [2.05, 4.69) is 15.0 Å². The average Bonchev–Trinajstić information content (AvgIpc) is 1.98. The molecule has 1 unspecified atom stereocenters. The monoisotopic (exact) mass is 194 g/mol. The first-order chi connectivity index (χ1) is 6.66. The number of nitrogen functional groups attached to an aromatic ring is 2. The fourth-order valence-corrected chi connectivity index (χ4v) is 1.59. The van der Waals surface area contributed by atoms with E-state index in [4.69, 9.17) is 17.2 Å². The molecule has 2 rings (SSSR count). The smallest absolute Gasteiger partial charge is 0.225 e. The zero-order valence-corrected chi connectivity index (χ0v) is 7.85. The van der Waals surface area contributed by atoms with Crippen LogP contribution in [0.1, 0.15) is 31.1 Å². The van der Waals surface area contributed by atoms with Crippen LogP contribution in [0.15, 0.2) is 0 Å². The van der Waals surface area contributed by atoms with E-state index in [1.54, 1.807) is 0 Å². The van der Waals surface area contributed by atoms with Crippen molar-refractivity contribution in [3.05, 3.63) is 5.82 Å². The molecule has 1 fully saturated rings. The Kier molecular flexibility index (Phi) is 2.20. The lowest BCUT2D eigenvalue weighted by molar-refractivity contribution is 0.257. The van der Waals surface area contributed by atoms with Gasteiger partial charge in [0.2, 0.25) is 11.9 Å². The molecule has 0 aliphatic heterocycles. The van der Waals surface area contributed by atoms with E-state index >= 15 is 0 Å². The summed E-state index contributed by atoms with van der Waals surface area (Å²) in [5, 5.41) is 0. The lowest BCUT2D eigenvalue weighted by Gasteiger charge is -2.30. The summed E-state index contributed by atoms with van der Waals surface area (Å²) < 4.78 is 0. The number of hydrogen-bond acceptors (Lipinski definition) is 6. The van der Waals surface area contributed by atoms with Gasteiger partial charge in [-0.2, -0.15) is 15.0 Å². The zero-order chi connectivity index (χ0) is 10.1. The highest BCUT2D eigenvalue weighted by molar-refractivity contribution is 5.26. The predicted octanol–water partition coefficient (Wildman–Crippen LogP) is -0.164. The van der Waals surface area contributed by atoms with E-state index in [0.717, 1.165) is 12.8 Å². The van der Waals surface area contributed by atoms with E-state index in [1.165, 1.54) is 6.42 Å². The molecule has 0 spiro atoms. The van der Waals surface area contributed by atoms with Crippen LogP contribution in [-0.2, 0) is 0 Å². The van der Waals surface area contributed by atoms with Crippen molar-refractivity contribution in [3.63, 3.8) is 0 Å². The van der Waals surface area contributed by atoms with Gasteiger partial charge in [-0.3, -0.25) is 0 Å². The van der Waals surface area contributed by atoms with Crippen molar-refractivity contribution < 1.29 is 0 Å². The molecule has 0 saturated heterocycles. The summed E-state index contributed by atoms with van der Waals surface area (Å²) in [5.74, 6) is 1.26. The summed E-state index contributed by atoms with van der Waals surface area (Å²) in [6.45, 7) is 0. The van der Waals surface area contributed by atoms with Gasteiger partial charge in [-0.05, 0) is 18.8 Å². The molecular weight excluding hydrogens is 180 g/mol. The summed E-state index contributed by atoms with van der Waals surface area (Å²) in [5.41, 5.74) is 16.9. The average molecular weight is 194 g/mol. The molecule has 1 aromatic heterocycles. The summed E-state index contributed by atoms with van der Waals surface area (Å²) in [6, 6.07) is -0.156. The van der Waals surface area contributed by atoms with Crippen LogP contribution in [0.5, 0.6) is 0 Å². The number of aromatic nitrogens is 3. The number of hydrogen-bond donors (Lipinski definition) is 3. The maximum atomic E-state index is 5.97. The molecule has 1 heterocycles. The number of anilines is 2. The Labute approximate surface area is 81.9 Å². The normalized spacial score (nSPS) is 18.9. The van der Waals surface area contributed by atoms with Gasteiger partial charge in [-0.25, -0.2) is 0 Å². The van der Waals surface area contributed by atoms with Crippen molar-refractivity contribution >= 4 is 11.9 Å². The summed E-state index contributed by atoms with van der Waals surface area (Å²) >= 11 is 0. The third kappa shape index (κ3) is 1.60. The van der Waals surface area contributed by atoms with Crippen LogP contribution in [0.2, 0.25) is 0 Å². The molecule has 1 aromatic rings. The van der Waals surface area contributed by atoms with E-state index < -0.39 is 0 Å². The molecule has 0 amide bonds. The molecule has 76 valence electrons. The third-order valence-corrected chi connectivity index (χ3v) is 2.64. The molecule has 6 heteroatoms. The van der Waals surface area contributed by atoms with Crippen LogP contribution in [0, 0.1) is 5.92 Å². The van der Waals surface area contributed by atoms with Crippen LogP contribution in [0.4, 0.5) is 11.9 Å². The van der Waals surface area contributed by atoms with Gasteiger partial charge >= 0.3 is 0 Å². The minimum atomic E-state index is -0.156. The fourth-order valence-electron chi connectivity index (χ4n) is 1.59. The minimum absolute atomic E-state index is 0.141. The molecule has 1 aliphatic carbocycles. The standard InChI is InChI=1S/C8H14N6/c9-5(4-2-1-3-4)6-12-7(10)14-8(11)13-6/h4-5H,1-3,9H2,(H4,10,11,12,13,14). The molecule has 0 radical (unpaired) electrons.